The normalized spacial score (nSPS) is 49.4. The van der Waals surface area contributed by atoms with Crippen LogP contribution < -0.4 is 0 Å². The second kappa shape index (κ2) is 3.46. The Balaban J connectivity index is 1.81. The molecule has 0 aromatic carbocycles. The number of carbonyl (C=O) groups excluding carboxylic acids is 1. The van der Waals surface area contributed by atoms with Crippen LogP contribution >= 0.6 is 0 Å². The maximum Gasteiger partial charge on any atom is 0.302 e. The number of esters is 1. The van der Waals surface area contributed by atoms with E-state index in [4.69, 9.17) is 9.47 Å². The molecule has 4 aliphatic carbocycles. The van der Waals surface area contributed by atoms with Crippen LogP contribution in [-0.2, 0) is 14.3 Å². The molecule has 4 fully saturated rings. The van der Waals surface area contributed by atoms with Crippen molar-refractivity contribution in [2.75, 3.05) is 7.11 Å². The lowest BCUT2D eigenvalue weighted by molar-refractivity contribution is -0.205. The fraction of sp³-hybridized carbons (Fsp3) is 0.923. The molecule has 0 saturated heterocycles. The van der Waals surface area contributed by atoms with Crippen LogP contribution in [0.15, 0.2) is 0 Å². The van der Waals surface area contributed by atoms with Crippen molar-refractivity contribution < 1.29 is 14.3 Å². The number of methoxy groups -OCH3 is 1. The van der Waals surface area contributed by atoms with E-state index in [1.165, 1.54) is 26.2 Å². The van der Waals surface area contributed by atoms with Gasteiger partial charge in [0.25, 0.3) is 0 Å². The highest BCUT2D eigenvalue weighted by atomic mass is 16.5. The zero-order valence-corrected chi connectivity index (χ0v) is 10.1. The van der Waals surface area contributed by atoms with E-state index in [1.54, 1.807) is 0 Å². The molecule has 4 aliphatic rings. The largest absolute Gasteiger partial charge is 0.462 e. The Labute approximate surface area is 96.5 Å². The SMILES string of the molecule is COC12CC3CC(C1)C(OC(C)=O)C(C3)C2. The van der Waals surface area contributed by atoms with Gasteiger partial charge in [0.1, 0.15) is 6.10 Å². The lowest BCUT2D eigenvalue weighted by Crippen LogP contribution is -2.58. The lowest BCUT2D eigenvalue weighted by atomic mass is 9.53. The molecule has 0 aromatic heterocycles. The zero-order chi connectivity index (χ0) is 11.3. The van der Waals surface area contributed by atoms with E-state index in [0.29, 0.717) is 11.8 Å². The molecule has 4 saturated carbocycles. The summed E-state index contributed by atoms with van der Waals surface area (Å²) in [6.45, 7) is 1.52. The van der Waals surface area contributed by atoms with Gasteiger partial charge in [-0.15, -0.1) is 0 Å². The van der Waals surface area contributed by atoms with Crippen molar-refractivity contribution in [3.8, 4) is 0 Å². The molecule has 0 N–H and O–H groups in total. The Bertz CT molecular complexity index is 296. The highest BCUT2D eigenvalue weighted by Crippen LogP contribution is 2.57. The molecule has 0 heterocycles. The van der Waals surface area contributed by atoms with Gasteiger partial charge in [0, 0.05) is 14.0 Å². The standard InChI is InChI=1S/C13H20O3/c1-8(14)16-12-10-3-9-4-11(12)7-13(5-9,6-10)15-2/h9-12H,3-7H2,1-2H3. The first-order valence-corrected chi connectivity index (χ1v) is 6.34. The average Bonchev–Trinajstić information content (AvgIpc) is 2.22. The summed E-state index contributed by atoms with van der Waals surface area (Å²) in [7, 11) is 1.84. The number of rotatable bonds is 2. The van der Waals surface area contributed by atoms with Crippen LogP contribution in [0.3, 0.4) is 0 Å². The van der Waals surface area contributed by atoms with E-state index in [9.17, 15) is 4.79 Å². The molecule has 3 nitrogen and oxygen atoms in total. The molecular formula is C13H20O3. The van der Waals surface area contributed by atoms with Crippen molar-refractivity contribution in [3.63, 3.8) is 0 Å². The van der Waals surface area contributed by atoms with Gasteiger partial charge in [0.15, 0.2) is 0 Å². The molecule has 4 bridgehead atoms. The van der Waals surface area contributed by atoms with Gasteiger partial charge in [0.2, 0.25) is 0 Å². The number of ether oxygens (including phenoxy) is 2. The molecule has 0 spiro atoms. The molecule has 4 rings (SSSR count). The molecule has 16 heavy (non-hydrogen) atoms. The predicted octanol–water partition coefficient (Wildman–Crippen LogP) is 2.14. The Morgan fingerprint density at radius 2 is 1.81 bits per heavy atom. The Morgan fingerprint density at radius 3 is 2.31 bits per heavy atom. The summed E-state index contributed by atoms with van der Waals surface area (Å²) in [5.74, 6) is 1.79. The van der Waals surface area contributed by atoms with Crippen LogP contribution in [0, 0.1) is 17.8 Å². The van der Waals surface area contributed by atoms with Crippen LogP contribution in [-0.4, -0.2) is 24.8 Å². The third-order valence-electron chi connectivity index (χ3n) is 4.87. The Kier molecular flexibility index (Phi) is 2.29. The highest BCUT2D eigenvalue weighted by molar-refractivity contribution is 5.66. The van der Waals surface area contributed by atoms with Crippen LogP contribution in [0.4, 0.5) is 0 Å². The molecule has 0 aliphatic heterocycles. The summed E-state index contributed by atoms with van der Waals surface area (Å²) in [6, 6.07) is 0. The summed E-state index contributed by atoms with van der Waals surface area (Å²) in [4.78, 5) is 11.1. The second-order valence-electron chi connectivity index (χ2n) is 5.93. The third kappa shape index (κ3) is 1.48. The highest BCUT2D eigenvalue weighted by Gasteiger charge is 2.56. The van der Waals surface area contributed by atoms with Crippen molar-refractivity contribution >= 4 is 5.97 Å². The average molecular weight is 224 g/mol. The van der Waals surface area contributed by atoms with Gasteiger partial charge in [-0.1, -0.05) is 0 Å². The number of carbonyl (C=O) groups is 1. The molecule has 0 radical (unpaired) electrons. The fourth-order valence-corrected chi connectivity index (χ4v) is 4.54. The molecule has 0 aromatic rings. The van der Waals surface area contributed by atoms with Crippen molar-refractivity contribution in [1.82, 2.24) is 0 Å². The van der Waals surface area contributed by atoms with Crippen molar-refractivity contribution in [1.29, 1.82) is 0 Å². The Morgan fingerprint density at radius 1 is 1.19 bits per heavy atom. The summed E-state index contributed by atoms with van der Waals surface area (Å²) >= 11 is 0. The van der Waals surface area contributed by atoms with Crippen molar-refractivity contribution in [2.24, 2.45) is 17.8 Å². The van der Waals surface area contributed by atoms with Crippen LogP contribution in [0.25, 0.3) is 0 Å². The lowest BCUT2D eigenvalue weighted by Gasteiger charge is -2.58. The minimum Gasteiger partial charge on any atom is -0.462 e. The van der Waals surface area contributed by atoms with Crippen LogP contribution in [0.5, 0.6) is 0 Å². The van der Waals surface area contributed by atoms with E-state index in [2.05, 4.69) is 0 Å². The molecular weight excluding hydrogens is 204 g/mol. The second-order valence-corrected chi connectivity index (χ2v) is 5.93. The summed E-state index contributed by atoms with van der Waals surface area (Å²) in [5, 5.41) is 0. The number of hydrogen-bond donors (Lipinski definition) is 0. The maximum atomic E-state index is 11.1. The quantitative estimate of drug-likeness (QED) is 0.674. The first kappa shape index (κ1) is 10.6. The number of hydrogen-bond acceptors (Lipinski definition) is 3. The van der Waals surface area contributed by atoms with Gasteiger partial charge < -0.3 is 9.47 Å². The summed E-state index contributed by atoms with van der Waals surface area (Å²) in [6.07, 6.45) is 6.06. The molecule has 0 amide bonds. The van der Waals surface area contributed by atoms with Crippen molar-refractivity contribution in [2.45, 2.75) is 50.7 Å². The maximum absolute atomic E-state index is 11.1. The molecule has 2 unspecified atom stereocenters. The minimum atomic E-state index is -0.121. The van der Waals surface area contributed by atoms with E-state index < -0.39 is 0 Å². The Hall–Kier alpha value is -0.570. The monoisotopic (exact) mass is 224 g/mol. The first-order valence-electron chi connectivity index (χ1n) is 6.34. The van der Waals surface area contributed by atoms with Gasteiger partial charge in [-0.05, 0) is 49.9 Å². The van der Waals surface area contributed by atoms with Gasteiger partial charge in [-0.3, -0.25) is 4.79 Å². The summed E-state index contributed by atoms with van der Waals surface area (Å²) < 4.78 is 11.3. The van der Waals surface area contributed by atoms with Crippen LogP contribution in [0.1, 0.15) is 39.0 Å². The van der Waals surface area contributed by atoms with E-state index in [-0.39, 0.29) is 17.7 Å². The fourth-order valence-electron chi connectivity index (χ4n) is 4.54. The molecule has 90 valence electrons. The minimum absolute atomic E-state index is 0.118. The summed E-state index contributed by atoms with van der Waals surface area (Å²) in [5.41, 5.74) is 0.118. The zero-order valence-electron chi connectivity index (χ0n) is 10.1. The van der Waals surface area contributed by atoms with Gasteiger partial charge in [-0.25, -0.2) is 0 Å². The third-order valence-corrected chi connectivity index (χ3v) is 4.87. The first-order chi connectivity index (χ1) is 7.62. The van der Waals surface area contributed by atoms with E-state index in [0.717, 1.165) is 18.8 Å². The van der Waals surface area contributed by atoms with E-state index >= 15 is 0 Å². The van der Waals surface area contributed by atoms with Gasteiger partial charge in [-0.2, -0.15) is 0 Å². The predicted molar refractivity (Wildman–Crippen MR) is 58.8 cm³/mol. The molecule has 3 heteroatoms. The van der Waals surface area contributed by atoms with Crippen molar-refractivity contribution in [3.05, 3.63) is 0 Å². The van der Waals surface area contributed by atoms with Gasteiger partial charge in [0.05, 0.1) is 5.60 Å². The molecule has 2 atom stereocenters. The topological polar surface area (TPSA) is 35.5 Å². The van der Waals surface area contributed by atoms with Crippen LogP contribution in [0.2, 0.25) is 0 Å². The van der Waals surface area contributed by atoms with E-state index in [1.807, 2.05) is 7.11 Å². The van der Waals surface area contributed by atoms with Gasteiger partial charge >= 0.3 is 5.97 Å². The smallest absolute Gasteiger partial charge is 0.302 e.